The molecule has 1 aromatic carbocycles. The average molecular weight is 280 g/mol. The van der Waals surface area contributed by atoms with Crippen LogP contribution in [0.15, 0.2) is 24.3 Å². The number of benzene rings is 1. The fourth-order valence-corrected chi connectivity index (χ4v) is 4.58. The summed E-state index contributed by atoms with van der Waals surface area (Å²) in [6.45, 7) is 0.543. The van der Waals surface area contributed by atoms with Crippen molar-refractivity contribution in [1.29, 1.82) is 0 Å². The molecule has 1 atom stereocenters. The summed E-state index contributed by atoms with van der Waals surface area (Å²) in [5, 5.41) is 0. The summed E-state index contributed by atoms with van der Waals surface area (Å²) in [6, 6.07) is 8.91. The molecule has 4 nitrogen and oxygen atoms in total. The van der Waals surface area contributed by atoms with Crippen molar-refractivity contribution in [1.82, 2.24) is 0 Å². The molecule has 0 aromatic heterocycles. The number of nitrogens with two attached hydrogens (primary N) is 1. The van der Waals surface area contributed by atoms with E-state index in [-0.39, 0.29) is 6.04 Å². The topological polar surface area (TPSA) is 63.4 Å². The summed E-state index contributed by atoms with van der Waals surface area (Å²) in [5.74, 6) is 0.643. The number of rotatable bonds is 4. The third-order valence-corrected chi connectivity index (χ3v) is 5.76. The Bertz CT molecular complexity index is 549. The van der Waals surface area contributed by atoms with Gasteiger partial charge in [0.1, 0.15) is 0 Å². The van der Waals surface area contributed by atoms with Gasteiger partial charge in [-0.05, 0) is 37.0 Å². The zero-order valence-electron chi connectivity index (χ0n) is 11.0. The highest BCUT2D eigenvalue weighted by atomic mass is 32.2. The van der Waals surface area contributed by atoms with Crippen LogP contribution in [-0.2, 0) is 16.4 Å². The molecule has 19 heavy (non-hydrogen) atoms. The van der Waals surface area contributed by atoms with E-state index in [4.69, 9.17) is 5.73 Å². The minimum absolute atomic E-state index is 0.154. The van der Waals surface area contributed by atoms with Crippen LogP contribution in [-0.4, -0.2) is 32.0 Å². The molecule has 3 rings (SSSR count). The second-order valence-corrected chi connectivity index (χ2v) is 7.79. The summed E-state index contributed by atoms with van der Waals surface area (Å²) in [5.41, 5.74) is 7.86. The van der Waals surface area contributed by atoms with Gasteiger partial charge in [0.05, 0.1) is 11.5 Å². The molecule has 2 fully saturated rings. The lowest BCUT2D eigenvalue weighted by Gasteiger charge is -2.30. The van der Waals surface area contributed by atoms with E-state index in [1.54, 1.807) is 0 Å². The number of hydrogen-bond acceptors (Lipinski definition) is 4. The molecule has 5 heteroatoms. The molecular formula is C14H20N2O2S. The van der Waals surface area contributed by atoms with E-state index < -0.39 is 9.84 Å². The van der Waals surface area contributed by atoms with Crippen LogP contribution in [0.2, 0.25) is 0 Å². The van der Waals surface area contributed by atoms with Crippen molar-refractivity contribution >= 4 is 15.5 Å². The second kappa shape index (κ2) is 4.80. The quantitative estimate of drug-likeness (QED) is 0.903. The van der Waals surface area contributed by atoms with Gasteiger partial charge in [-0.15, -0.1) is 0 Å². The van der Waals surface area contributed by atoms with Crippen LogP contribution in [0, 0.1) is 0 Å². The van der Waals surface area contributed by atoms with E-state index in [1.807, 2.05) is 12.1 Å². The Balaban J connectivity index is 1.84. The van der Waals surface area contributed by atoms with Crippen molar-refractivity contribution in [2.24, 2.45) is 5.73 Å². The maximum Gasteiger partial charge on any atom is 0.152 e. The highest BCUT2D eigenvalue weighted by Gasteiger charge is 2.39. The van der Waals surface area contributed by atoms with Crippen LogP contribution in [0.5, 0.6) is 0 Å². The summed E-state index contributed by atoms with van der Waals surface area (Å²) < 4.78 is 23.4. The molecule has 2 aliphatic rings. The number of anilines is 1. The molecule has 0 radical (unpaired) electrons. The minimum atomic E-state index is -2.83. The van der Waals surface area contributed by atoms with E-state index >= 15 is 0 Å². The fraction of sp³-hybridized carbons (Fsp3) is 0.571. The molecule has 0 spiro atoms. The van der Waals surface area contributed by atoms with Crippen LogP contribution in [0.25, 0.3) is 0 Å². The van der Waals surface area contributed by atoms with Crippen LogP contribution in [0.4, 0.5) is 5.69 Å². The lowest BCUT2D eigenvalue weighted by atomic mass is 10.1. The van der Waals surface area contributed by atoms with Crippen molar-refractivity contribution in [3.05, 3.63) is 29.8 Å². The van der Waals surface area contributed by atoms with E-state index in [9.17, 15) is 8.42 Å². The Morgan fingerprint density at radius 3 is 2.26 bits per heavy atom. The first-order chi connectivity index (χ1) is 9.09. The Labute approximate surface area is 114 Å². The number of hydrogen-bond donors (Lipinski definition) is 1. The summed E-state index contributed by atoms with van der Waals surface area (Å²) in [6.07, 6.45) is 3.11. The molecule has 1 saturated heterocycles. The molecule has 0 amide bonds. The molecule has 1 aromatic rings. The predicted molar refractivity (Wildman–Crippen MR) is 76.9 cm³/mol. The third-order valence-electron chi connectivity index (χ3n) is 4.01. The average Bonchev–Trinajstić information content (AvgIpc) is 3.15. The SMILES string of the molecule is NCc1ccc(N(C2CC2)C2CCS(=O)(=O)C2)cc1. The maximum atomic E-state index is 11.7. The lowest BCUT2D eigenvalue weighted by molar-refractivity contribution is 0.598. The molecule has 2 N–H and O–H groups in total. The minimum Gasteiger partial charge on any atom is -0.365 e. The van der Waals surface area contributed by atoms with Crippen molar-refractivity contribution in [3.8, 4) is 0 Å². The molecule has 1 aliphatic heterocycles. The summed E-state index contributed by atoms with van der Waals surface area (Å²) in [7, 11) is -2.83. The van der Waals surface area contributed by atoms with Crippen molar-refractivity contribution in [2.75, 3.05) is 16.4 Å². The molecule has 1 aliphatic carbocycles. The van der Waals surface area contributed by atoms with Gasteiger partial charge in [0.15, 0.2) is 9.84 Å². The molecule has 1 heterocycles. The largest absolute Gasteiger partial charge is 0.365 e. The summed E-state index contributed by atoms with van der Waals surface area (Å²) in [4.78, 5) is 2.32. The Morgan fingerprint density at radius 1 is 1.11 bits per heavy atom. The van der Waals surface area contributed by atoms with Gasteiger partial charge in [-0.1, -0.05) is 12.1 Å². The zero-order chi connectivity index (χ0) is 13.5. The van der Waals surface area contributed by atoms with Gasteiger partial charge in [0.2, 0.25) is 0 Å². The predicted octanol–water partition coefficient (Wildman–Crippen LogP) is 1.30. The van der Waals surface area contributed by atoms with Gasteiger partial charge < -0.3 is 10.6 Å². The maximum absolute atomic E-state index is 11.7. The number of nitrogens with zero attached hydrogens (tertiary/aromatic N) is 1. The Morgan fingerprint density at radius 2 is 1.79 bits per heavy atom. The monoisotopic (exact) mass is 280 g/mol. The first-order valence-corrected chi connectivity index (χ1v) is 8.69. The van der Waals surface area contributed by atoms with Crippen LogP contribution < -0.4 is 10.6 Å². The molecule has 1 saturated carbocycles. The highest BCUT2D eigenvalue weighted by molar-refractivity contribution is 7.91. The molecular weight excluding hydrogens is 260 g/mol. The first-order valence-electron chi connectivity index (χ1n) is 6.87. The Kier molecular flexibility index (Phi) is 3.27. The van der Waals surface area contributed by atoms with Gasteiger partial charge in [-0.3, -0.25) is 0 Å². The highest BCUT2D eigenvalue weighted by Crippen LogP contribution is 2.36. The van der Waals surface area contributed by atoms with E-state index in [1.165, 1.54) is 12.8 Å². The van der Waals surface area contributed by atoms with E-state index in [2.05, 4.69) is 17.0 Å². The normalized spacial score (nSPS) is 25.4. The van der Waals surface area contributed by atoms with Gasteiger partial charge >= 0.3 is 0 Å². The smallest absolute Gasteiger partial charge is 0.152 e. The zero-order valence-corrected chi connectivity index (χ0v) is 11.8. The van der Waals surface area contributed by atoms with Gasteiger partial charge in [-0.25, -0.2) is 8.42 Å². The van der Waals surface area contributed by atoms with Gasteiger partial charge in [0.25, 0.3) is 0 Å². The van der Waals surface area contributed by atoms with Gasteiger partial charge in [-0.2, -0.15) is 0 Å². The first kappa shape index (κ1) is 12.9. The Hall–Kier alpha value is -1.07. The van der Waals surface area contributed by atoms with Crippen LogP contribution in [0.1, 0.15) is 24.8 Å². The van der Waals surface area contributed by atoms with Crippen molar-refractivity contribution in [2.45, 2.75) is 37.9 Å². The molecule has 1 unspecified atom stereocenters. The standard InChI is InChI=1S/C14H20N2O2S/c15-9-11-1-3-12(4-2-11)16(13-5-6-13)14-7-8-19(17,18)10-14/h1-4,13-14H,5-10,15H2. The summed E-state index contributed by atoms with van der Waals surface area (Å²) >= 11 is 0. The van der Waals surface area contributed by atoms with Crippen LogP contribution >= 0.6 is 0 Å². The second-order valence-electron chi connectivity index (χ2n) is 5.57. The van der Waals surface area contributed by atoms with E-state index in [0.29, 0.717) is 24.1 Å². The van der Waals surface area contributed by atoms with Crippen LogP contribution in [0.3, 0.4) is 0 Å². The third kappa shape index (κ3) is 2.77. The lowest BCUT2D eigenvalue weighted by Crippen LogP contribution is -2.38. The van der Waals surface area contributed by atoms with Crippen molar-refractivity contribution in [3.63, 3.8) is 0 Å². The van der Waals surface area contributed by atoms with Gasteiger partial charge in [0, 0.05) is 24.3 Å². The number of sulfone groups is 1. The van der Waals surface area contributed by atoms with E-state index in [0.717, 1.165) is 17.7 Å². The molecule has 0 bridgehead atoms. The fourth-order valence-electron chi connectivity index (χ4n) is 2.87. The van der Waals surface area contributed by atoms with Crippen molar-refractivity contribution < 1.29 is 8.42 Å². The molecule has 104 valence electrons.